The topological polar surface area (TPSA) is 55.1 Å². The Balaban J connectivity index is 2.69. The van der Waals surface area contributed by atoms with Gasteiger partial charge < -0.3 is 11.1 Å². The van der Waals surface area contributed by atoms with Crippen LogP contribution in [0.5, 0.6) is 0 Å². The van der Waals surface area contributed by atoms with Crippen LogP contribution in [-0.4, -0.2) is 18.0 Å². The quantitative estimate of drug-likeness (QED) is 0.776. The number of carbonyl (C=O) groups excluding carboxylic acids is 1. The minimum atomic E-state index is -0.361. The first kappa shape index (κ1) is 14.5. The molecule has 1 aliphatic rings. The predicted molar refractivity (Wildman–Crippen MR) is 71.7 cm³/mol. The van der Waals surface area contributed by atoms with Gasteiger partial charge in [-0.2, -0.15) is 0 Å². The van der Waals surface area contributed by atoms with Crippen molar-refractivity contribution in [3.8, 4) is 0 Å². The number of nitrogens with one attached hydrogen (secondary N) is 1. The summed E-state index contributed by atoms with van der Waals surface area (Å²) in [6.07, 6.45) is 7.60. The van der Waals surface area contributed by atoms with E-state index in [1.54, 1.807) is 0 Å². The van der Waals surface area contributed by atoms with E-state index in [-0.39, 0.29) is 16.9 Å². The summed E-state index contributed by atoms with van der Waals surface area (Å²) in [7, 11) is 0. The molecule has 0 aliphatic heterocycles. The number of hydrogen-bond acceptors (Lipinski definition) is 2. The van der Waals surface area contributed by atoms with Crippen molar-refractivity contribution in [2.24, 2.45) is 11.1 Å². The molecule has 1 rings (SSSR count). The Bertz CT molecular complexity index is 245. The molecule has 1 saturated carbocycles. The summed E-state index contributed by atoms with van der Waals surface area (Å²) >= 11 is 0. The van der Waals surface area contributed by atoms with Gasteiger partial charge in [-0.1, -0.05) is 33.1 Å². The number of hydrogen-bond donors (Lipinski definition) is 2. The summed E-state index contributed by atoms with van der Waals surface area (Å²) in [5.74, 6) is 0.161. The second kappa shape index (κ2) is 5.85. The molecular weight excluding hydrogens is 212 g/mol. The first-order valence-electron chi connectivity index (χ1n) is 7.04. The van der Waals surface area contributed by atoms with E-state index in [4.69, 9.17) is 5.73 Å². The predicted octanol–water partition coefficient (Wildman–Crippen LogP) is 2.59. The Morgan fingerprint density at radius 3 is 2.18 bits per heavy atom. The Hall–Kier alpha value is -0.570. The molecule has 100 valence electrons. The normalized spacial score (nSPS) is 20.0. The van der Waals surface area contributed by atoms with E-state index in [1.807, 2.05) is 0 Å². The average molecular weight is 240 g/mol. The number of rotatable bonds is 5. The van der Waals surface area contributed by atoms with Gasteiger partial charge in [-0.15, -0.1) is 0 Å². The fraction of sp³-hybridized carbons (Fsp3) is 0.929. The van der Waals surface area contributed by atoms with Crippen LogP contribution in [-0.2, 0) is 4.79 Å². The summed E-state index contributed by atoms with van der Waals surface area (Å²) < 4.78 is 0. The molecule has 0 radical (unpaired) electrons. The van der Waals surface area contributed by atoms with Crippen molar-refractivity contribution in [3.63, 3.8) is 0 Å². The lowest BCUT2D eigenvalue weighted by atomic mass is 9.78. The molecule has 0 saturated heterocycles. The van der Waals surface area contributed by atoms with E-state index in [0.29, 0.717) is 6.54 Å². The van der Waals surface area contributed by atoms with Gasteiger partial charge in [0.2, 0.25) is 5.91 Å². The van der Waals surface area contributed by atoms with Gasteiger partial charge in [0.25, 0.3) is 0 Å². The lowest BCUT2D eigenvalue weighted by Gasteiger charge is -2.39. The van der Waals surface area contributed by atoms with Crippen LogP contribution in [0.4, 0.5) is 0 Å². The minimum Gasteiger partial charge on any atom is -0.350 e. The van der Waals surface area contributed by atoms with E-state index >= 15 is 0 Å². The third kappa shape index (κ3) is 3.21. The van der Waals surface area contributed by atoms with Gasteiger partial charge in [-0.3, -0.25) is 4.79 Å². The van der Waals surface area contributed by atoms with Gasteiger partial charge in [-0.05, 0) is 32.6 Å². The minimum absolute atomic E-state index is 0.0000926. The van der Waals surface area contributed by atoms with Gasteiger partial charge in [0, 0.05) is 12.1 Å². The number of nitrogens with two attached hydrogens (primary N) is 1. The summed E-state index contributed by atoms with van der Waals surface area (Å²) in [5, 5.41) is 3.27. The Kier molecular flexibility index (Phi) is 4.99. The Morgan fingerprint density at radius 2 is 1.76 bits per heavy atom. The highest BCUT2D eigenvalue weighted by molar-refractivity contribution is 5.83. The zero-order valence-corrected chi connectivity index (χ0v) is 11.6. The molecule has 0 bridgehead atoms. The zero-order chi connectivity index (χ0) is 12.9. The third-order valence-corrected chi connectivity index (χ3v) is 4.60. The molecule has 0 spiro atoms. The van der Waals surface area contributed by atoms with E-state index in [0.717, 1.165) is 25.7 Å². The van der Waals surface area contributed by atoms with E-state index in [2.05, 4.69) is 26.1 Å². The summed E-state index contributed by atoms with van der Waals surface area (Å²) in [6.45, 7) is 6.73. The number of carbonyl (C=O) groups is 1. The lowest BCUT2D eigenvalue weighted by molar-refractivity contribution is -0.133. The largest absolute Gasteiger partial charge is 0.350 e. The van der Waals surface area contributed by atoms with Crippen molar-refractivity contribution in [1.82, 2.24) is 5.32 Å². The maximum atomic E-state index is 12.4. The Morgan fingerprint density at radius 1 is 1.24 bits per heavy atom. The van der Waals surface area contributed by atoms with Gasteiger partial charge >= 0.3 is 0 Å². The highest BCUT2D eigenvalue weighted by atomic mass is 16.2. The van der Waals surface area contributed by atoms with E-state index < -0.39 is 0 Å². The van der Waals surface area contributed by atoms with Crippen molar-refractivity contribution < 1.29 is 4.79 Å². The van der Waals surface area contributed by atoms with Crippen LogP contribution in [0.2, 0.25) is 0 Å². The first-order chi connectivity index (χ1) is 8.02. The second-order valence-electron chi connectivity index (χ2n) is 5.77. The van der Waals surface area contributed by atoms with Crippen molar-refractivity contribution >= 4 is 5.91 Å². The summed E-state index contributed by atoms with van der Waals surface area (Å²) in [6, 6.07) is 0. The van der Waals surface area contributed by atoms with Gasteiger partial charge in [0.1, 0.15) is 0 Å². The van der Waals surface area contributed by atoms with Crippen molar-refractivity contribution in [3.05, 3.63) is 0 Å². The molecule has 0 atom stereocenters. The Labute approximate surface area is 106 Å². The van der Waals surface area contributed by atoms with Crippen LogP contribution in [0.3, 0.4) is 0 Å². The van der Waals surface area contributed by atoms with Crippen molar-refractivity contribution in [2.45, 2.75) is 71.3 Å². The molecule has 0 heterocycles. The van der Waals surface area contributed by atoms with E-state index in [9.17, 15) is 4.79 Å². The SMILES string of the molecule is CCC(CC)(CN)C(=O)NC1(C)CCCCC1. The van der Waals surface area contributed by atoms with Crippen molar-refractivity contribution in [2.75, 3.05) is 6.54 Å². The van der Waals surface area contributed by atoms with Gasteiger partial charge in [0.05, 0.1) is 5.41 Å². The van der Waals surface area contributed by atoms with Crippen LogP contribution >= 0.6 is 0 Å². The highest BCUT2D eigenvalue weighted by Crippen LogP contribution is 2.31. The molecule has 3 nitrogen and oxygen atoms in total. The molecule has 3 heteroatoms. The molecule has 0 aromatic carbocycles. The molecule has 3 N–H and O–H groups in total. The van der Waals surface area contributed by atoms with Crippen LogP contribution in [0.25, 0.3) is 0 Å². The molecule has 0 aromatic rings. The van der Waals surface area contributed by atoms with E-state index in [1.165, 1.54) is 19.3 Å². The summed E-state index contributed by atoms with van der Waals surface area (Å²) in [4.78, 5) is 12.4. The molecule has 1 aliphatic carbocycles. The first-order valence-corrected chi connectivity index (χ1v) is 7.04. The highest BCUT2D eigenvalue weighted by Gasteiger charge is 2.38. The third-order valence-electron chi connectivity index (χ3n) is 4.60. The fourth-order valence-corrected chi connectivity index (χ4v) is 2.82. The van der Waals surface area contributed by atoms with Crippen LogP contribution < -0.4 is 11.1 Å². The average Bonchev–Trinajstić information content (AvgIpc) is 2.32. The van der Waals surface area contributed by atoms with Gasteiger partial charge in [-0.25, -0.2) is 0 Å². The molecule has 1 fully saturated rings. The monoisotopic (exact) mass is 240 g/mol. The van der Waals surface area contributed by atoms with Crippen molar-refractivity contribution in [1.29, 1.82) is 0 Å². The van der Waals surface area contributed by atoms with Crippen LogP contribution in [0, 0.1) is 5.41 Å². The zero-order valence-electron chi connectivity index (χ0n) is 11.6. The second-order valence-corrected chi connectivity index (χ2v) is 5.77. The summed E-state index contributed by atoms with van der Waals surface area (Å²) in [5.41, 5.74) is 5.46. The smallest absolute Gasteiger partial charge is 0.227 e. The van der Waals surface area contributed by atoms with Crippen LogP contribution in [0.15, 0.2) is 0 Å². The molecular formula is C14H28N2O. The maximum Gasteiger partial charge on any atom is 0.227 e. The van der Waals surface area contributed by atoms with Crippen LogP contribution in [0.1, 0.15) is 65.7 Å². The number of amides is 1. The molecule has 0 unspecified atom stereocenters. The molecule has 0 aromatic heterocycles. The fourth-order valence-electron chi connectivity index (χ4n) is 2.82. The lowest BCUT2D eigenvalue weighted by Crippen LogP contribution is -2.54. The standard InChI is InChI=1S/C14H28N2O/c1-4-14(5-2,11-15)12(17)16-13(3)9-7-6-8-10-13/h4-11,15H2,1-3H3,(H,16,17). The van der Waals surface area contributed by atoms with Gasteiger partial charge in [0.15, 0.2) is 0 Å². The molecule has 1 amide bonds. The molecule has 17 heavy (non-hydrogen) atoms. The maximum absolute atomic E-state index is 12.4.